The van der Waals surface area contributed by atoms with Crippen LogP contribution >= 0.6 is 0 Å². The third-order valence-corrected chi connectivity index (χ3v) is 9.50. The summed E-state index contributed by atoms with van der Waals surface area (Å²) in [5, 5.41) is 0. The molecule has 4 atom stereocenters. The van der Waals surface area contributed by atoms with Crippen molar-refractivity contribution in [1.82, 2.24) is 4.31 Å². The molecule has 0 saturated carbocycles. The smallest absolute Gasteiger partial charge is 0.231 e. The third-order valence-electron chi connectivity index (χ3n) is 4.86. The number of hydrogen-bond donors (Lipinski definition) is 0. The van der Waals surface area contributed by atoms with E-state index in [0.717, 1.165) is 5.56 Å². The molecule has 3 rings (SSSR count). The van der Waals surface area contributed by atoms with Crippen molar-refractivity contribution in [3.63, 3.8) is 0 Å². The van der Waals surface area contributed by atoms with Crippen LogP contribution in [0.5, 0.6) is 0 Å². The van der Waals surface area contributed by atoms with E-state index in [-0.39, 0.29) is 17.5 Å². The van der Waals surface area contributed by atoms with Gasteiger partial charge >= 0.3 is 0 Å². The Bertz CT molecular complexity index is 890. The lowest BCUT2D eigenvalue weighted by Gasteiger charge is -2.54. The number of sulfonamides is 1. The van der Waals surface area contributed by atoms with Crippen molar-refractivity contribution in [2.45, 2.75) is 49.3 Å². The second-order valence-corrected chi connectivity index (χ2v) is 11.6. The highest BCUT2D eigenvalue weighted by molar-refractivity contribution is 8.06. The fourth-order valence-electron chi connectivity index (χ4n) is 3.55. The number of benzene rings is 2. The van der Waals surface area contributed by atoms with Crippen LogP contribution in [0.2, 0.25) is 0 Å². The summed E-state index contributed by atoms with van der Waals surface area (Å²) in [6.45, 7) is 7.91. The van der Waals surface area contributed by atoms with E-state index in [1.807, 2.05) is 64.1 Å². The van der Waals surface area contributed by atoms with Crippen molar-refractivity contribution in [3.05, 3.63) is 66.2 Å². The molecule has 2 aromatic rings. The number of nitrogens with zero attached hydrogens (tertiary/aromatic N) is 1. The molecule has 0 spiro atoms. The molecule has 140 valence electrons. The van der Waals surface area contributed by atoms with Crippen molar-refractivity contribution in [2.75, 3.05) is 0 Å². The summed E-state index contributed by atoms with van der Waals surface area (Å²) in [4.78, 5) is 0.558. The first kappa shape index (κ1) is 19.3. The van der Waals surface area contributed by atoms with E-state index in [1.165, 1.54) is 0 Å². The van der Waals surface area contributed by atoms with Gasteiger partial charge in [-0.05, 0) is 30.0 Å². The van der Waals surface area contributed by atoms with Gasteiger partial charge < -0.3 is 0 Å². The largest absolute Gasteiger partial charge is 0.253 e. The van der Waals surface area contributed by atoms with Crippen LogP contribution in [0.3, 0.4) is 0 Å². The minimum Gasteiger partial charge on any atom is -0.253 e. The molecule has 6 heteroatoms. The van der Waals surface area contributed by atoms with E-state index in [9.17, 15) is 12.6 Å². The Hall–Kier alpha value is -1.50. The molecule has 1 unspecified atom stereocenters. The van der Waals surface area contributed by atoms with E-state index in [0.29, 0.717) is 4.90 Å². The average Bonchev–Trinajstić information content (AvgIpc) is 2.60. The predicted molar refractivity (Wildman–Crippen MR) is 105 cm³/mol. The van der Waals surface area contributed by atoms with Crippen LogP contribution in [0, 0.1) is 5.41 Å². The zero-order valence-electron chi connectivity index (χ0n) is 15.5. The molecule has 1 aliphatic heterocycles. The zero-order chi connectivity index (χ0) is 19.1. The van der Waals surface area contributed by atoms with Crippen LogP contribution in [0.1, 0.15) is 39.3 Å². The van der Waals surface area contributed by atoms with E-state index >= 15 is 0 Å². The Labute approximate surface area is 158 Å². The fourth-order valence-corrected chi connectivity index (χ4v) is 8.83. The highest BCUT2D eigenvalue weighted by Crippen LogP contribution is 2.48. The van der Waals surface area contributed by atoms with Gasteiger partial charge in [0.05, 0.1) is 16.8 Å². The molecular formula is C20H25NO3S2. The summed E-state index contributed by atoms with van der Waals surface area (Å²) < 4.78 is 40.1. The summed E-state index contributed by atoms with van der Waals surface area (Å²) >= 11 is 0. The van der Waals surface area contributed by atoms with Crippen LogP contribution in [0.4, 0.5) is 0 Å². The molecule has 2 aromatic carbocycles. The van der Waals surface area contributed by atoms with Gasteiger partial charge in [0.25, 0.3) is 0 Å². The first-order valence-corrected chi connectivity index (χ1v) is 11.4. The van der Waals surface area contributed by atoms with Gasteiger partial charge in [-0.25, -0.2) is 8.42 Å². The fraction of sp³-hybridized carbons (Fsp3) is 0.400. The van der Waals surface area contributed by atoms with Crippen molar-refractivity contribution in [3.8, 4) is 0 Å². The molecule has 1 aliphatic rings. The molecule has 0 amide bonds. The average molecular weight is 392 g/mol. The summed E-state index contributed by atoms with van der Waals surface area (Å²) in [5.74, 6) is 0. The van der Waals surface area contributed by atoms with Gasteiger partial charge in [-0.3, -0.25) is 4.21 Å². The van der Waals surface area contributed by atoms with Crippen LogP contribution in [0.15, 0.2) is 65.6 Å². The van der Waals surface area contributed by atoms with Crippen LogP contribution < -0.4 is 0 Å². The SMILES string of the molecule is C[C@@H](c1ccccc1)N1[C@H](C(C)(C)C)[C@@H](S(=O)c2ccccc2)S1(=O)=O. The molecule has 4 nitrogen and oxygen atoms in total. The summed E-state index contributed by atoms with van der Waals surface area (Å²) in [5.41, 5.74) is 0.609. The van der Waals surface area contributed by atoms with Crippen LogP contribution in [-0.2, 0) is 20.8 Å². The van der Waals surface area contributed by atoms with Crippen molar-refractivity contribution >= 4 is 20.8 Å². The van der Waals surface area contributed by atoms with Gasteiger partial charge in [0.1, 0.15) is 0 Å². The van der Waals surface area contributed by atoms with Gasteiger partial charge in [-0.15, -0.1) is 0 Å². The Morgan fingerprint density at radius 3 is 1.96 bits per heavy atom. The second kappa shape index (κ2) is 6.91. The summed E-state index contributed by atoms with van der Waals surface area (Å²) in [6, 6.07) is 17.8. The first-order chi connectivity index (χ1) is 12.2. The van der Waals surface area contributed by atoms with Crippen molar-refractivity contribution < 1.29 is 12.6 Å². The van der Waals surface area contributed by atoms with Gasteiger partial charge in [0.15, 0.2) is 4.58 Å². The minimum absolute atomic E-state index is 0.297. The maximum atomic E-state index is 13.2. The molecule has 0 aromatic heterocycles. The van der Waals surface area contributed by atoms with Gasteiger partial charge in [0, 0.05) is 10.9 Å². The molecule has 1 fully saturated rings. The van der Waals surface area contributed by atoms with Crippen molar-refractivity contribution in [2.24, 2.45) is 5.41 Å². The molecule has 0 N–H and O–H groups in total. The Morgan fingerprint density at radius 1 is 0.962 bits per heavy atom. The maximum absolute atomic E-state index is 13.2. The predicted octanol–water partition coefficient (Wildman–Crippen LogP) is 3.94. The minimum atomic E-state index is -3.66. The highest BCUT2D eigenvalue weighted by Gasteiger charge is 2.62. The topological polar surface area (TPSA) is 54.5 Å². The van der Waals surface area contributed by atoms with E-state index in [2.05, 4.69) is 0 Å². The second-order valence-electron chi connectivity index (χ2n) is 7.75. The lowest BCUT2D eigenvalue weighted by atomic mass is 9.86. The van der Waals surface area contributed by atoms with Crippen LogP contribution in [-0.4, -0.2) is 27.6 Å². The Balaban J connectivity index is 2.01. The third kappa shape index (κ3) is 3.26. The van der Waals surface area contributed by atoms with Crippen LogP contribution in [0.25, 0.3) is 0 Å². The standard InChI is InChI=1S/C20H25NO3S2/c1-15(16-11-7-5-8-12-16)21-18(20(2,3)4)19(26(21,23)24)25(22)17-13-9-6-10-14-17/h5-15,18-19H,1-4H3/t15-,18-,19-,25?/m0/s1. The molecule has 0 aliphatic carbocycles. The number of hydrogen-bond acceptors (Lipinski definition) is 3. The van der Waals surface area contributed by atoms with E-state index < -0.39 is 25.4 Å². The summed E-state index contributed by atoms with van der Waals surface area (Å²) in [6.07, 6.45) is 0. The highest BCUT2D eigenvalue weighted by atomic mass is 32.3. The summed E-state index contributed by atoms with van der Waals surface area (Å²) in [7, 11) is -5.27. The quantitative estimate of drug-likeness (QED) is 0.793. The number of rotatable bonds is 4. The Kier molecular flexibility index (Phi) is 5.12. The van der Waals surface area contributed by atoms with Gasteiger partial charge in [0.2, 0.25) is 10.0 Å². The van der Waals surface area contributed by atoms with Gasteiger partial charge in [-0.2, -0.15) is 4.31 Å². The van der Waals surface area contributed by atoms with Gasteiger partial charge in [-0.1, -0.05) is 69.3 Å². The van der Waals surface area contributed by atoms with E-state index in [4.69, 9.17) is 0 Å². The first-order valence-electron chi connectivity index (χ1n) is 8.68. The van der Waals surface area contributed by atoms with Crippen molar-refractivity contribution in [1.29, 1.82) is 0 Å². The molecule has 0 bridgehead atoms. The molecule has 1 heterocycles. The molecule has 1 saturated heterocycles. The zero-order valence-corrected chi connectivity index (χ0v) is 17.1. The molecular weight excluding hydrogens is 366 g/mol. The maximum Gasteiger partial charge on any atom is 0.231 e. The lowest BCUT2D eigenvalue weighted by molar-refractivity contribution is 0.120. The molecule has 26 heavy (non-hydrogen) atoms. The molecule has 0 radical (unpaired) electrons. The normalized spacial score (nSPS) is 25.2. The Morgan fingerprint density at radius 2 is 1.46 bits per heavy atom. The van der Waals surface area contributed by atoms with E-state index in [1.54, 1.807) is 28.6 Å². The monoisotopic (exact) mass is 391 g/mol. The lowest BCUT2D eigenvalue weighted by Crippen LogP contribution is -2.69.